The van der Waals surface area contributed by atoms with E-state index in [0.29, 0.717) is 17.8 Å². The Balaban J connectivity index is 1.85. The Morgan fingerprint density at radius 2 is 1.67 bits per heavy atom. The van der Waals surface area contributed by atoms with Crippen LogP contribution in [0.15, 0.2) is 55.1 Å². The minimum atomic E-state index is -0.962. The van der Waals surface area contributed by atoms with Crippen molar-refractivity contribution in [2.75, 3.05) is 0 Å². The molecule has 21 heavy (non-hydrogen) atoms. The quantitative estimate of drug-likeness (QED) is 0.939. The molecule has 0 spiro atoms. The van der Waals surface area contributed by atoms with Crippen LogP contribution in [0.2, 0.25) is 0 Å². The number of carbonyl (C=O) groups is 2. The van der Waals surface area contributed by atoms with Gasteiger partial charge in [-0.2, -0.15) is 0 Å². The molecule has 1 N–H and O–H groups in total. The van der Waals surface area contributed by atoms with E-state index in [1.165, 1.54) is 12.1 Å². The number of nitrogens with zero attached hydrogens (tertiary/aromatic N) is 1. The number of fused-ring (bicyclic) bond motifs is 1. The van der Waals surface area contributed by atoms with Gasteiger partial charge in [0.05, 0.1) is 12.1 Å². The van der Waals surface area contributed by atoms with Gasteiger partial charge >= 0.3 is 5.97 Å². The fourth-order valence-electron chi connectivity index (χ4n) is 2.44. The molecule has 0 aliphatic carbocycles. The fourth-order valence-corrected chi connectivity index (χ4v) is 2.44. The zero-order valence-electron chi connectivity index (χ0n) is 11.2. The third kappa shape index (κ3) is 2.21. The average molecular weight is 279 g/mol. The number of rotatable bonds is 3. The molecule has 1 heterocycles. The van der Waals surface area contributed by atoms with Crippen molar-refractivity contribution >= 4 is 17.6 Å². The number of carboxylic acid groups (broad SMARTS) is 1. The lowest BCUT2D eigenvalue weighted by atomic mass is 10.1. The molecular weight excluding hydrogens is 266 g/mol. The molecule has 4 heteroatoms. The predicted octanol–water partition coefficient (Wildman–Crippen LogP) is 3.01. The summed E-state index contributed by atoms with van der Waals surface area (Å²) in [5.74, 6) is -1.03. The van der Waals surface area contributed by atoms with Crippen molar-refractivity contribution in [3.8, 4) is 0 Å². The Morgan fingerprint density at radius 3 is 2.24 bits per heavy atom. The maximum atomic E-state index is 12.4. The molecule has 1 aliphatic rings. The minimum absolute atomic E-state index is 0.0714. The lowest BCUT2D eigenvalue weighted by Crippen LogP contribution is -2.22. The first-order valence-electron chi connectivity index (χ1n) is 6.50. The van der Waals surface area contributed by atoms with Gasteiger partial charge < -0.3 is 10.0 Å². The van der Waals surface area contributed by atoms with Gasteiger partial charge in [-0.1, -0.05) is 36.9 Å². The molecule has 1 aliphatic heterocycles. The Hall–Kier alpha value is -2.88. The SMILES string of the molecule is C=C1c2ccccc2C(=O)N1Cc1ccc(C(=O)O)cc1. The number of benzene rings is 2. The van der Waals surface area contributed by atoms with Crippen molar-refractivity contribution in [3.63, 3.8) is 0 Å². The van der Waals surface area contributed by atoms with E-state index in [2.05, 4.69) is 6.58 Å². The standard InChI is InChI=1S/C17H13NO3/c1-11-14-4-2-3-5-15(14)16(19)18(11)10-12-6-8-13(9-7-12)17(20)21/h2-9H,1,10H2,(H,20,21). The summed E-state index contributed by atoms with van der Waals surface area (Å²) in [6.45, 7) is 4.36. The summed E-state index contributed by atoms with van der Waals surface area (Å²) in [6, 6.07) is 13.9. The van der Waals surface area contributed by atoms with Crippen LogP contribution in [0.25, 0.3) is 5.70 Å². The molecule has 104 valence electrons. The second-order valence-electron chi connectivity index (χ2n) is 4.89. The number of hydrogen-bond acceptors (Lipinski definition) is 2. The summed E-state index contributed by atoms with van der Waals surface area (Å²) in [7, 11) is 0. The van der Waals surface area contributed by atoms with Crippen LogP contribution >= 0.6 is 0 Å². The molecule has 0 unspecified atom stereocenters. The molecule has 0 bridgehead atoms. The van der Waals surface area contributed by atoms with Gasteiger partial charge in [-0.15, -0.1) is 0 Å². The Kier molecular flexibility index (Phi) is 3.06. The number of aromatic carboxylic acids is 1. The van der Waals surface area contributed by atoms with E-state index in [-0.39, 0.29) is 11.5 Å². The molecule has 2 aromatic carbocycles. The van der Waals surface area contributed by atoms with Gasteiger partial charge in [0.2, 0.25) is 0 Å². The third-order valence-corrected chi connectivity index (χ3v) is 3.58. The van der Waals surface area contributed by atoms with Gasteiger partial charge in [0.25, 0.3) is 5.91 Å². The molecule has 0 fully saturated rings. The van der Waals surface area contributed by atoms with E-state index in [9.17, 15) is 9.59 Å². The molecule has 0 radical (unpaired) electrons. The van der Waals surface area contributed by atoms with Crippen molar-refractivity contribution in [2.24, 2.45) is 0 Å². The first-order chi connectivity index (χ1) is 10.1. The fraction of sp³-hybridized carbons (Fsp3) is 0.0588. The maximum Gasteiger partial charge on any atom is 0.335 e. The Morgan fingerprint density at radius 1 is 1.05 bits per heavy atom. The van der Waals surface area contributed by atoms with Crippen molar-refractivity contribution in [1.82, 2.24) is 4.90 Å². The predicted molar refractivity (Wildman–Crippen MR) is 78.8 cm³/mol. The van der Waals surface area contributed by atoms with Crippen LogP contribution < -0.4 is 0 Å². The third-order valence-electron chi connectivity index (χ3n) is 3.58. The summed E-state index contributed by atoms with van der Waals surface area (Å²) in [5, 5.41) is 8.88. The van der Waals surface area contributed by atoms with E-state index in [4.69, 9.17) is 5.11 Å². The van der Waals surface area contributed by atoms with Crippen LogP contribution in [0.1, 0.15) is 31.8 Å². The molecule has 2 aromatic rings. The molecule has 0 aromatic heterocycles. The smallest absolute Gasteiger partial charge is 0.335 e. The average Bonchev–Trinajstić information content (AvgIpc) is 2.73. The molecule has 0 saturated carbocycles. The minimum Gasteiger partial charge on any atom is -0.478 e. The molecular formula is C17H13NO3. The van der Waals surface area contributed by atoms with Crippen molar-refractivity contribution in [2.45, 2.75) is 6.54 Å². The number of carbonyl (C=O) groups excluding carboxylic acids is 1. The highest BCUT2D eigenvalue weighted by molar-refractivity contribution is 6.08. The van der Waals surface area contributed by atoms with Crippen LogP contribution in [0.3, 0.4) is 0 Å². The molecule has 3 rings (SSSR count). The summed E-state index contributed by atoms with van der Waals surface area (Å²) >= 11 is 0. The van der Waals surface area contributed by atoms with E-state index >= 15 is 0 Å². The summed E-state index contributed by atoms with van der Waals surface area (Å²) in [4.78, 5) is 24.8. The zero-order valence-corrected chi connectivity index (χ0v) is 11.2. The van der Waals surface area contributed by atoms with Crippen molar-refractivity contribution in [1.29, 1.82) is 0 Å². The monoisotopic (exact) mass is 279 g/mol. The van der Waals surface area contributed by atoms with Crippen LogP contribution in [0.4, 0.5) is 0 Å². The summed E-state index contributed by atoms with van der Waals surface area (Å²) < 4.78 is 0. The van der Waals surface area contributed by atoms with Crippen molar-refractivity contribution < 1.29 is 14.7 Å². The van der Waals surface area contributed by atoms with Gasteiger partial charge in [0.1, 0.15) is 0 Å². The normalized spacial score (nSPS) is 13.4. The summed E-state index contributed by atoms with van der Waals surface area (Å²) in [5.41, 5.74) is 3.28. The second-order valence-corrected chi connectivity index (χ2v) is 4.89. The number of carboxylic acids is 1. The van der Waals surface area contributed by atoms with Gasteiger partial charge in [-0.25, -0.2) is 4.79 Å². The zero-order chi connectivity index (χ0) is 15.0. The lowest BCUT2D eigenvalue weighted by molar-refractivity contribution is 0.0696. The molecule has 1 amide bonds. The van der Waals surface area contributed by atoms with Crippen LogP contribution in [-0.4, -0.2) is 21.9 Å². The topological polar surface area (TPSA) is 57.6 Å². The highest BCUT2D eigenvalue weighted by Gasteiger charge is 2.30. The number of hydrogen-bond donors (Lipinski definition) is 1. The first-order valence-corrected chi connectivity index (χ1v) is 6.50. The van der Waals surface area contributed by atoms with Crippen LogP contribution in [0.5, 0.6) is 0 Å². The molecule has 4 nitrogen and oxygen atoms in total. The van der Waals surface area contributed by atoms with Gasteiger partial charge in [-0.3, -0.25) is 4.79 Å². The van der Waals surface area contributed by atoms with Crippen LogP contribution in [0, 0.1) is 0 Å². The second kappa shape index (κ2) is 4.90. The van der Waals surface area contributed by atoms with Gasteiger partial charge in [-0.05, 0) is 23.8 Å². The van der Waals surface area contributed by atoms with Gasteiger partial charge in [0, 0.05) is 16.8 Å². The van der Waals surface area contributed by atoms with E-state index in [1.807, 2.05) is 18.2 Å². The highest BCUT2D eigenvalue weighted by atomic mass is 16.4. The van der Waals surface area contributed by atoms with Gasteiger partial charge in [0.15, 0.2) is 0 Å². The first kappa shape index (κ1) is 13.1. The van der Waals surface area contributed by atoms with Crippen LogP contribution in [-0.2, 0) is 6.54 Å². The summed E-state index contributed by atoms with van der Waals surface area (Å²) in [6.07, 6.45) is 0. The van der Waals surface area contributed by atoms with Crippen molar-refractivity contribution in [3.05, 3.63) is 77.4 Å². The Bertz CT molecular complexity index is 712. The lowest BCUT2D eigenvalue weighted by Gasteiger charge is -2.17. The van der Waals surface area contributed by atoms with E-state index in [0.717, 1.165) is 11.1 Å². The highest BCUT2D eigenvalue weighted by Crippen LogP contribution is 2.32. The maximum absolute atomic E-state index is 12.4. The molecule has 0 saturated heterocycles. The largest absolute Gasteiger partial charge is 0.478 e. The number of amides is 1. The molecule has 0 atom stereocenters. The van der Waals surface area contributed by atoms with E-state index < -0.39 is 5.97 Å². The Labute approximate surface area is 121 Å². The van der Waals surface area contributed by atoms with E-state index in [1.54, 1.807) is 23.1 Å².